The molecule has 1 saturated heterocycles. The van der Waals surface area contributed by atoms with E-state index in [0.29, 0.717) is 13.2 Å². The minimum absolute atomic E-state index is 0.101. The molecule has 0 unspecified atom stereocenters. The zero-order chi connectivity index (χ0) is 20.4. The molecule has 0 bridgehead atoms. The van der Waals surface area contributed by atoms with E-state index in [1.54, 1.807) is 0 Å². The maximum absolute atomic E-state index is 13.5. The van der Waals surface area contributed by atoms with Gasteiger partial charge < -0.3 is 14.4 Å². The van der Waals surface area contributed by atoms with Gasteiger partial charge in [-0.3, -0.25) is 4.57 Å². The van der Waals surface area contributed by atoms with Crippen molar-refractivity contribution < 1.29 is 13.6 Å². The van der Waals surface area contributed by atoms with Gasteiger partial charge in [-0.2, -0.15) is 0 Å². The summed E-state index contributed by atoms with van der Waals surface area (Å²) in [6, 6.07) is 8.30. The third-order valence-corrected chi connectivity index (χ3v) is 6.78. The minimum Gasteiger partial charge on any atom is -0.378 e. The molecule has 4 nitrogen and oxygen atoms in total. The predicted octanol–water partition coefficient (Wildman–Crippen LogP) is 7.18. The van der Waals surface area contributed by atoms with Crippen LogP contribution in [0.1, 0.15) is 38.7 Å². The van der Waals surface area contributed by atoms with Crippen molar-refractivity contribution in [1.29, 1.82) is 0 Å². The molecule has 1 atom stereocenters. The van der Waals surface area contributed by atoms with E-state index in [-0.39, 0.29) is 11.5 Å². The molecule has 0 radical (unpaired) electrons. The lowest BCUT2D eigenvalue weighted by Gasteiger charge is -2.36. The van der Waals surface area contributed by atoms with Gasteiger partial charge in [-0.1, -0.05) is 72.9 Å². The second kappa shape index (κ2) is 9.12. The molecule has 4 rings (SSSR count). The van der Waals surface area contributed by atoms with Gasteiger partial charge in [0.05, 0.1) is 24.6 Å². The third kappa shape index (κ3) is 5.36. The fourth-order valence-electron chi connectivity index (χ4n) is 3.46. The summed E-state index contributed by atoms with van der Waals surface area (Å²) in [7, 11) is -3.29. The maximum atomic E-state index is 13.5. The summed E-state index contributed by atoms with van der Waals surface area (Å²) in [5.74, 6) is 0. The van der Waals surface area contributed by atoms with Gasteiger partial charge in [0.25, 0.3) is 0 Å². The maximum Gasteiger partial charge on any atom is 0.361 e. The summed E-state index contributed by atoms with van der Waals surface area (Å²) in [6.45, 7) is 5.04. The number of halogens is 3. The highest BCUT2D eigenvalue weighted by Crippen LogP contribution is 2.64. The number of alkyl halides is 3. The molecule has 3 aliphatic rings. The SMILES string of the molecule is CC1(C)COP(=O)(C2=Cc3ccccc3N[C@@H]3CCCC=C23)OC1.ClC(Cl)Cl. The van der Waals surface area contributed by atoms with Crippen molar-refractivity contribution in [3.63, 3.8) is 0 Å². The van der Waals surface area contributed by atoms with E-state index < -0.39 is 11.9 Å². The number of benzene rings is 1. The van der Waals surface area contributed by atoms with Crippen molar-refractivity contribution in [2.45, 2.75) is 43.4 Å². The Balaban J connectivity index is 0.000000516. The van der Waals surface area contributed by atoms with Gasteiger partial charge in [0.15, 0.2) is 4.30 Å². The molecule has 2 aliphatic heterocycles. The van der Waals surface area contributed by atoms with Crippen LogP contribution in [0, 0.1) is 5.41 Å². The average molecular weight is 465 g/mol. The van der Waals surface area contributed by atoms with Crippen molar-refractivity contribution >= 4 is 54.2 Å². The molecular weight excluding hydrogens is 440 g/mol. The first-order valence-corrected chi connectivity index (χ1v) is 12.1. The van der Waals surface area contributed by atoms with Crippen molar-refractivity contribution in [3.8, 4) is 0 Å². The second-order valence-corrected chi connectivity index (χ2v) is 11.8. The van der Waals surface area contributed by atoms with E-state index in [9.17, 15) is 4.57 Å². The number of allylic oxidation sites excluding steroid dienone is 1. The summed E-state index contributed by atoms with van der Waals surface area (Å²) in [5.41, 5.74) is 3.10. The predicted molar refractivity (Wildman–Crippen MR) is 118 cm³/mol. The molecule has 154 valence electrons. The molecule has 1 fully saturated rings. The van der Waals surface area contributed by atoms with Crippen LogP contribution in [0.15, 0.2) is 41.2 Å². The highest BCUT2D eigenvalue weighted by molar-refractivity contribution is 7.59. The van der Waals surface area contributed by atoms with E-state index in [0.717, 1.165) is 41.4 Å². The van der Waals surface area contributed by atoms with E-state index in [4.69, 9.17) is 43.9 Å². The van der Waals surface area contributed by atoms with Crippen LogP contribution in [-0.2, 0) is 13.6 Å². The van der Waals surface area contributed by atoms with E-state index >= 15 is 0 Å². The molecule has 0 aromatic heterocycles. The van der Waals surface area contributed by atoms with Gasteiger partial charge in [-0.15, -0.1) is 0 Å². The average Bonchev–Trinajstić information content (AvgIpc) is 2.81. The van der Waals surface area contributed by atoms with Crippen LogP contribution in [0.25, 0.3) is 6.08 Å². The van der Waals surface area contributed by atoms with E-state index in [2.05, 4.69) is 31.3 Å². The molecule has 1 aromatic carbocycles. The molecule has 1 aromatic rings. The van der Waals surface area contributed by atoms with Crippen LogP contribution in [0.4, 0.5) is 5.69 Å². The number of hydrogen-bond acceptors (Lipinski definition) is 4. The largest absolute Gasteiger partial charge is 0.378 e. The summed E-state index contributed by atoms with van der Waals surface area (Å²) >= 11 is 14.4. The van der Waals surface area contributed by atoms with Crippen molar-refractivity contribution in [2.75, 3.05) is 18.5 Å². The molecule has 28 heavy (non-hydrogen) atoms. The summed E-state index contributed by atoms with van der Waals surface area (Å²) in [4.78, 5) is 0. The monoisotopic (exact) mass is 463 g/mol. The lowest BCUT2D eigenvalue weighted by Crippen LogP contribution is -2.31. The highest BCUT2D eigenvalue weighted by atomic mass is 35.6. The van der Waals surface area contributed by atoms with Crippen molar-refractivity contribution in [2.24, 2.45) is 5.41 Å². The first kappa shape index (κ1) is 22.2. The smallest absolute Gasteiger partial charge is 0.361 e. The lowest BCUT2D eigenvalue weighted by atomic mass is 9.94. The standard InChI is InChI=1S/C19H24NO3P.CHCl3/c1-19(2)12-22-24(21,23-13-19)18-11-14-7-3-5-9-16(14)20-17-10-6-4-8-15(17)18;2-1(3)4/h3,5,7-9,11,17,20H,4,6,10,12-13H2,1-2H3;1H/t17-;/m1./s1. The quantitative estimate of drug-likeness (QED) is 0.353. The Morgan fingerprint density at radius 1 is 1.18 bits per heavy atom. The fraction of sp³-hybridized carbons (Fsp3) is 0.500. The topological polar surface area (TPSA) is 47.6 Å². The van der Waals surface area contributed by atoms with Gasteiger partial charge in [0.1, 0.15) is 0 Å². The fourth-order valence-corrected chi connectivity index (χ4v) is 5.71. The summed E-state index contributed by atoms with van der Waals surface area (Å²) in [6.07, 6.45) is 7.37. The Bertz CT molecular complexity index is 806. The number of rotatable bonds is 1. The van der Waals surface area contributed by atoms with Crippen molar-refractivity contribution in [1.82, 2.24) is 0 Å². The number of para-hydroxylation sites is 1. The zero-order valence-corrected chi connectivity index (χ0v) is 19.1. The van der Waals surface area contributed by atoms with Gasteiger partial charge in [0.2, 0.25) is 0 Å². The molecule has 1 aliphatic carbocycles. The van der Waals surface area contributed by atoms with E-state index in [1.807, 2.05) is 24.3 Å². The van der Waals surface area contributed by atoms with Gasteiger partial charge in [-0.05, 0) is 42.5 Å². The van der Waals surface area contributed by atoms with Crippen LogP contribution in [0.2, 0.25) is 0 Å². The van der Waals surface area contributed by atoms with Crippen LogP contribution in [0.3, 0.4) is 0 Å². The van der Waals surface area contributed by atoms with Gasteiger partial charge >= 0.3 is 7.60 Å². The Morgan fingerprint density at radius 2 is 1.82 bits per heavy atom. The number of fused-ring (bicyclic) bond motifs is 2. The number of anilines is 1. The molecule has 0 spiro atoms. The first-order valence-electron chi connectivity index (χ1n) is 9.30. The molecule has 0 amide bonds. The van der Waals surface area contributed by atoms with E-state index in [1.165, 1.54) is 0 Å². The molecule has 2 heterocycles. The number of nitrogens with one attached hydrogen (secondary N) is 1. The zero-order valence-electron chi connectivity index (χ0n) is 16.0. The Labute approximate surface area is 181 Å². The minimum atomic E-state index is -3.29. The molecule has 0 saturated carbocycles. The van der Waals surface area contributed by atoms with Crippen LogP contribution < -0.4 is 5.32 Å². The second-order valence-electron chi connectivity index (χ2n) is 7.86. The summed E-state index contributed by atoms with van der Waals surface area (Å²) < 4.78 is 24.4. The lowest BCUT2D eigenvalue weighted by molar-refractivity contribution is 0.0448. The third-order valence-electron chi connectivity index (χ3n) is 4.86. The first-order chi connectivity index (χ1) is 13.2. The van der Waals surface area contributed by atoms with Gasteiger partial charge in [0, 0.05) is 11.1 Å². The molecule has 8 heteroatoms. The molecule has 1 N–H and O–H groups in total. The van der Waals surface area contributed by atoms with Crippen LogP contribution >= 0.6 is 42.4 Å². The Hall–Kier alpha value is -0.480. The molecular formula is C20H25Cl3NO3P. The van der Waals surface area contributed by atoms with Crippen LogP contribution in [0.5, 0.6) is 0 Å². The normalized spacial score (nSPS) is 25.0. The summed E-state index contributed by atoms with van der Waals surface area (Å²) in [5, 5.41) is 4.35. The Morgan fingerprint density at radius 3 is 2.50 bits per heavy atom. The van der Waals surface area contributed by atoms with Gasteiger partial charge in [-0.25, -0.2) is 0 Å². The van der Waals surface area contributed by atoms with Crippen LogP contribution in [-0.4, -0.2) is 23.6 Å². The highest BCUT2D eigenvalue weighted by Gasteiger charge is 2.43. The van der Waals surface area contributed by atoms with Crippen molar-refractivity contribution in [3.05, 3.63) is 46.8 Å². The Kier molecular flexibility index (Phi) is 7.23. The number of hydrogen-bond donors (Lipinski definition) is 1.